The summed E-state index contributed by atoms with van der Waals surface area (Å²) < 4.78 is 8.36. The number of benzene rings is 1. The van der Waals surface area contributed by atoms with Crippen LogP contribution in [0.15, 0.2) is 67.1 Å². The highest BCUT2D eigenvalue weighted by atomic mass is 16.5. The molecule has 1 aromatic carbocycles. The molecule has 26 heavy (non-hydrogen) atoms. The van der Waals surface area contributed by atoms with Crippen LogP contribution in [0.3, 0.4) is 0 Å². The maximum atomic E-state index is 5.98. The summed E-state index contributed by atoms with van der Waals surface area (Å²) >= 11 is 0. The average molecular weight is 347 g/mol. The molecule has 0 amide bonds. The second-order valence-electron chi connectivity index (χ2n) is 6.68. The van der Waals surface area contributed by atoms with Gasteiger partial charge in [0.25, 0.3) is 0 Å². The van der Waals surface area contributed by atoms with Crippen molar-refractivity contribution in [3.63, 3.8) is 0 Å². The van der Waals surface area contributed by atoms with Gasteiger partial charge < -0.3 is 9.30 Å². The van der Waals surface area contributed by atoms with Crippen LogP contribution in [0.5, 0.6) is 5.75 Å². The molecule has 0 fully saturated rings. The number of ether oxygens (including phenoxy) is 1. The van der Waals surface area contributed by atoms with Crippen LogP contribution in [-0.2, 0) is 13.1 Å². The zero-order valence-electron chi connectivity index (χ0n) is 15.2. The molecule has 0 bridgehead atoms. The zero-order valence-corrected chi connectivity index (χ0v) is 15.2. The fraction of sp³-hybridized carbons (Fsp3) is 0.318. The maximum absolute atomic E-state index is 5.98. The molecule has 1 aliphatic rings. The second-order valence-corrected chi connectivity index (χ2v) is 6.68. The van der Waals surface area contributed by atoms with Crippen LogP contribution in [0, 0.1) is 0 Å². The van der Waals surface area contributed by atoms with E-state index >= 15 is 0 Å². The van der Waals surface area contributed by atoms with Crippen LogP contribution in [0.2, 0.25) is 0 Å². The predicted octanol–water partition coefficient (Wildman–Crippen LogP) is 4.28. The lowest BCUT2D eigenvalue weighted by molar-refractivity contribution is 0.214. The molecular weight excluding hydrogens is 322 g/mol. The third-order valence-electron chi connectivity index (χ3n) is 5.00. The number of hydrogen-bond donors (Lipinski definition) is 0. The Kier molecular flexibility index (Phi) is 5.02. The Balaban J connectivity index is 1.77. The van der Waals surface area contributed by atoms with Crippen molar-refractivity contribution in [3.05, 3.63) is 83.9 Å². The van der Waals surface area contributed by atoms with Crippen molar-refractivity contribution in [1.82, 2.24) is 14.5 Å². The summed E-state index contributed by atoms with van der Waals surface area (Å²) in [6.45, 7) is 5.73. The van der Waals surface area contributed by atoms with E-state index in [1.165, 1.54) is 16.8 Å². The number of hydrogen-bond acceptors (Lipinski definition) is 3. The fourth-order valence-corrected chi connectivity index (χ4v) is 3.88. The van der Waals surface area contributed by atoms with Gasteiger partial charge in [0.1, 0.15) is 5.75 Å². The molecular formula is C22H25N3O. The van der Waals surface area contributed by atoms with E-state index in [0.29, 0.717) is 6.61 Å². The smallest absolute Gasteiger partial charge is 0.124 e. The van der Waals surface area contributed by atoms with Crippen molar-refractivity contribution in [2.24, 2.45) is 0 Å². The number of aryl methyl sites for hydroxylation is 1. The summed E-state index contributed by atoms with van der Waals surface area (Å²) in [5.41, 5.74) is 3.87. The van der Waals surface area contributed by atoms with E-state index in [1.54, 1.807) is 0 Å². The minimum atomic E-state index is 0.184. The number of nitrogens with zero attached hydrogens (tertiary/aromatic N) is 3. The normalized spacial score (nSPS) is 17.5. The topological polar surface area (TPSA) is 30.3 Å². The van der Waals surface area contributed by atoms with E-state index in [1.807, 2.05) is 19.3 Å². The van der Waals surface area contributed by atoms with Gasteiger partial charge in [-0.2, -0.15) is 0 Å². The molecule has 0 aliphatic carbocycles. The molecule has 4 nitrogen and oxygen atoms in total. The van der Waals surface area contributed by atoms with Gasteiger partial charge in [0.15, 0.2) is 0 Å². The van der Waals surface area contributed by atoms with E-state index in [4.69, 9.17) is 4.74 Å². The first kappa shape index (κ1) is 16.9. The van der Waals surface area contributed by atoms with Gasteiger partial charge in [0, 0.05) is 49.5 Å². The maximum Gasteiger partial charge on any atom is 0.124 e. The Morgan fingerprint density at radius 1 is 1.04 bits per heavy atom. The molecule has 4 rings (SSSR count). The van der Waals surface area contributed by atoms with Crippen molar-refractivity contribution in [2.75, 3.05) is 13.2 Å². The Morgan fingerprint density at radius 2 is 1.88 bits per heavy atom. The highest BCUT2D eigenvalue weighted by Gasteiger charge is 2.29. The van der Waals surface area contributed by atoms with Crippen molar-refractivity contribution in [1.29, 1.82) is 0 Å². The van der Waals surface area contributed by atoms with E-state index in [-0.39, 0.29) is 6.04 Å². The van der Waals surface area contributed by atoms with Crippen LogP contribution in [0.4, 0.5) is 0 Å². The Bertz CT molecular complexity index is 843. The molecule has 4 heteroatoms. The molecule has 0 N–H and O–H groups in total. The van der Waals surface area contributed by atoms with Gasteiger partial charge in [-0.05, 0) is 49.2 Å². The van der Waals surface area contributed by atoms with Gasteiger partial charge in [-0.15, -0.1) is 0 Å². The molecule has 0 spiro atoms. The molecule has 1 atom stereocenters. The van der Waals surface area contributed by atoms with Crippen LogP contribution in [-0.4, -0.2) is 27.6 Å². The van der Waals surface area contributed by atoms with E-state index < -0.39 is 0 Å². The predicted molar refractivity (Wildman–Crippen MR) is 103 cm³/mol. The van der Waals surface area contributed by atoms with Crippen molar-refractivity contribution < 1.29 is 4.74 Å². The van der Waals surface area contributed by atoms with Gasteiger partial charge in [-0.25, -0.2) is 0 Å². The first-order valence-electron chi connectivity index (χ1n) is 9.36. The van der Waals surface area contributed by atoms with Gasteiger partial charge in [-0.3, -0.25) is 9.88 Å². The summed E-state index contributed by atoms with van der Waals surface area (Å²) in [5, 5.41) is 0. The standard InChI is InChI=1S/C22H25N3O/c1-2-26-21-9-4-3-7-19(21)22-20-8-5-14-24(20)15-6-16-25(22)17-18-10-12-23-13-11-18/h3-5,7-14,22H,2,6,15-17H2,1H3. The number of rotatable bonds is 5. The average Bonchev–Trinajstić information content (AvgIpc) is 3.06. The number of fused-ring (bicyclic) bond motifs is 1. The zero-order chi connectivity index (χ0) is 17.8. The van der Waals surface area contributed by atoms with Crippen LogP contribution < -0.4 is 4.74 Å². The van der Waals surface area contributed by atoms with Gasteiger partial charge in [0.05, 0.1) is 12.6 Å². The molecule has 1 aliphatic heterocycles. The van der Waals surface area contributed by atoms with Crippen LogP contribution >= 0.6 is 0 Å². The summed E-state index contributed by atoms with van der Waals surface area (Å²) in [4.78, 5) is 6.72. The first-order chi connectivity index (χ1) is 12.9. The summed E-state index contributed by atoms with van der Waals surface area (Å²) in [6, 6.07) is 17.3. The Labute approximate surface area is 155 Å². The van der Waals surface area contributed by atoms with Gasteiger partial charge in [0.2, 0.25) is 0 Å². The summed E-state index contributed by atoms with van der Waals surface area (Å²) in [7, 11) is 0. The monoisotopic (exact) mass is 347 g/mol. The first-order valence-corrected chi connectivity index (χ1v) is 9.36. The number of pyridine rings is 1. The summed E-state index contributed by atoms with van der Waals surface area (Å²) in [5.74, 6) is 0.981. The number of para-hydroxylation sites is 1. The third-order valence-corrected chi connectivity index (χ3v) is 5.00. The molecule has 1 unspecified atom stereocenters. The minimum Gasteiger partial charge on any atom is -0.494 e. The Morgan fingerprint density at radius 3 is 2.73 bits per heavy atom. The molecule has 0 saturated heterocycles. The van der Waals surface area contributed by atoms with Crippen LogP contribution in [0.1, 0.15) is 36.2 Å². The van der Waals surface area contributed by atoms with Crippen molar-refractivity contribution >= 4 is 0 Å². The lowest BCUT2D eigenvalue weighted by atomic mass is 10.00. The molecule has 0 radical (unpaired) electrons. The van der Waals surface area contributed by atoms with Gasteiger partial charge in [-0.1, -0.05) is 18.2 Å². The third kappa shape index (κ3) is 3.37. The fourth-order valence-electron chi connectivity index (χ4n) is 3.88. The quantitative estimate of drug-likeness (QED) is 0.690. The lowest BCUT2D eigenvalue weighted by Gasteiger charge is -2.31. The molecule has 134 valence electrons. The molecule has 0 saturated carbocycles. The van der Waals surface area contributed by atoms with Crippen molar-refractivity contribution in [2.45, 2.75) is 32.5 Å². The minimum absolute atomic E-state index is 0.184. The van der Waals surface area contributed by atoms with Crippen LogP contribution in [0.25, 0.3) is 0 Å². The molecule has 2 aromatic heterocycles. The molecule has 3 aromatic rings. The highest BCUT2D eigenvalue weighted by molar-refractivity contribution is 5.41. The van der Waals surface area contributed by atoms with Gasteiger partial charge >= 0.3 is 0 Å². The lowest BCUT2D eigenvalue weighted by Crippen LogP contribution is -2.29. The van der Waals surface area contributed by atoms with E-state index in [2.05, 4.69) is 69.2 Å². The largest absolute Gasteiger partial charge is 0.494 e. The Hall–Kier alpha value is -2.59. The highest BCUT2D eigenvalue weighted by Crippen LogP contribution is 2.37. The SMILES string of the molecule is CCOc1ccccc1C1c2cccn2CCCN1Cc1ccncc1. The molecule has 3 heterocycles. The summed E-state index contributed by atoms with van der Waals surface area (Å²) in [6.07, 6.45) is 7.08. The number of aromatic nitrogens is 2. The second kappa shape index (κ2) is 7.75. The van der Waals surface area contributed by atoms with Crippen molar-refractivity contribution in [3.8, 4) is 5.75 Å². The van der Waals surface area contributed by atoms with E-state index in [0.717, 1.165) is 31.8 Å². The van der Waals surface area contributed by atoms with E-state index in [9.17, 15) is 0 Å².